The van der Waals surface area contributed by atoms with E-state index in [9.17, 15) is 4.79 Å². The molecule has 2 aromatic carbocycles. The van der Waals surface area contributed by atoms with Crippen molar-refractivity contribution < 1.29 is 4.79 Å². The summed E-state index contributed by atoms with van der Waals surface area (Å²) in [5.74, 6) is -0.209. The highest BCUT2D eigenvalue weighted by molar-refractivity contribution is 7.13. The minimum absolute atomic E-state index is 0.209. The van der Waals surface area contributed by atoms with Crippen molar-refractivity contribution in [1.29, 1.82) is 0 Å². The van der Waals surface area contributed by atoms with Gasteiger partial charge in [0.1, 0.15) is 5.69 Å². The molecule has 0 spiro atoms. The Balaban J connectivity index is 1.71. The molecule has 5 nitrogen and oxygen atoms in total. The zero-order valence-corrected chi connectivity index (χ0v) is 13.7. The van der Waals surface area contributed by atoms with Crippen LogP contribution in [-0.4, -0.2) is 19.8 Å². The number of amides is 1. The molecule has 1 amide bonds. The van der Waals surface area contributed by atoms with Crippen molar-refractivity contribution >= 4 is 33.2 Å². The van der Waals surface area contributed by atoms with Gasteiger partial charge < -0.3 is 9.88 Å². The number of aryl methyl sites for hydroxylation is 1. The molecule has 0 bridgehead atoms. The Kier molecular flexibility index (Phi) is 3.59. The first-order valence-electron chi connectivity index (χ1n) is 7.47. The molecule has 0 fully saturated rings. The molecule has 0 unspecified atom stereocenters. The Morgan fingerprint density at radius 3 is 2.92 bits per heavy atom. The van der Waals surface area contributed by atoms with Gasteiger partial charge >= 0.3 is 0 Å². The van der Waals surface area contributed by atoms with Crippen molar-refractivity contribution in [3.05, 3.63) is 72.4 Å². The minimum atomic E-state index is -0.209. The molecule has 0 atom stereocenters. The quantitative estimate of drug-likeness (QED) is 0.615. The van der Waals surface area contributed by atoms with Crippen LogP contribution in [0.15, 0.2) is 61.2 Å². The molecular formula is C18H14N4OS. The van der Waals surface area contributed by atoms with Gasteiger partial charge in [-0.25, -0.2) is 4.98 Å². The zero-order valence-electron chi connectivity index (χ0n) is 12.9. The number of imidazole rings is 1. The van der Waals surface area contributed by atoms with Gasteiger partial charge in [0.15, 0.2) is 0 Å². The van der Waals surface area contributed by atoms with E-state index in [1.807, 2.05) is 60.2 Å². The Bertz CT molecular complexity index is 1020. The number of anilines is 1. The Hall–Kier alpha value is -2.99. The number of nitrogens with one attached hydrogen (secondary N) is 1. The largest absolute Gasteiger partial charge is 0.319 e. The molecule has 0 aliphatic rings. The number of carbonyl (C=O) groups is 1. The predicted molar refractivity (Wildman–Crippen MR) is 95.9 cm³/mol. The van der Waals surface area contributed by atoms with E-state index in [-0.39, 0.29) is 5.91 Å². The second kappa shape index (κ2) is 5.90. The van der Waals surface area contributed by atoms with Crippen LogP contribution in [0.1, 0.15) is 16.1 Å². The summed E-state index contributed by atoms with van der Waals surface area (Å²) in [7, 11) is 0. The third kappa shape index (κ3) is 2.57. The second-order valence-electron chi connectivity index (χ2n) is 5.47. The number of rotatable bonds is 3. The van der Waals surface area contributed by atoms with Crippen molar-refractivity contribution in [3.63, 3.8) is 0 Å². The third-order valence-electron chi connectivity index (χ3n) is 3.78. The van der Waals surface area contributed by atoms with Crippen molar-refractivity contribution in [2.24, 2.45) is 0 Å². The van der Waals surface area contributed by atoms with Gasteiger partial charge in [0.05, 0.1) is 22.4 Å². The fourth-order valence-corrected chi connectivity index (χ4v) is 3.36. The molecule has 6 heteroatoms. The Morgan fingerprint density at radius 1 is 1.21 bits per heavy atom. The zero-order chi connectivity index (χ0) is 16.5. The van der Waals surface area contributed by atoms with E-state index in [0.717, 1.165) is 21.3 Å². The van der Waals surface area contributed by atoms with Crippen molar-refractivity contribution in [2.75, 3.05) is 5.32 Å². The summed E-state index contributed by atoms with van der Waals surface area (Å²) in [6, 6.07) is 13.6. The molecule has 4 aromatic rings. The molecule has 0 saturated heterocycles. The van der Waals surface area contributed by atoms with Crippen LogP contribution >= 0.6 is 11.5 Å². The lowest BCUT2D eigenvalue weighted by Gasteiger charge is -2.10. The standard InChI is InChI=1S/C18H14N4OS/c1-12-6-7-16-13(10-12)17(21-24-16)18(23)20-14-4-2-3-5-15(14)22-9-8-19-11-22/h2-11H,1H3,(H,20,23). The summed E-state index contributed by atoms with van der Waals surface area (Å²) in [5, 5.41) is 3.86. The molecule has 118 valence electrons. The molecule has 0 saturated carbocycles. The monoisotopic (exact) mass is 334 g/mol. The van der Waals surface area contributed by atoms with E-state index in [1.165, 1.54) is 11.5 Å². The maximum Gasteiger partial charge on any atom is 0.276 e. The number of hydrogen-bond donors (Lipinski definition) is 1. The van der Waals surface area contributed by atoms with Gasteiger partial charge in [0, 0.05) is 17.8 Å². The molecule has 2 heterocycles. The SMILES string of the molecule is Cc1ccc2snc(C(=O)Nc3ccccc3-n3ccnc3)c2c1. The fourth-order valence-electron chi connectivity index (χ4n) is 2.60. The first-order chi connectivity index (χ1) is 11.7. The summed E-state index contributed by atoms with van der Waals surface area (Å²) in [6.07, 6.45) is 5.24. The lowest BCUT2D eigenvalue weighted by molar-refractivity contribution is 0.102. The second-order valence-corrected chi connectivity index (χ2v) is 6.28. The summed E-state index contributed by atoms with van der Waals surface area (Å²) in [4.78, 5) is 16.8. The van der Waals surface area contributed by atoms with Crippen molar-refractivity contribution in [1.82, 2.24) is 13.9 Å². The van der Waals surface area contributed by atoms with Crippen LogP contribution in [0.2, 0.25) is 0 Å². The summed E-state index contributed by atoms with van der Waals surface area (Å²) in [6.45, 7) is 2.01. The molecule has 0 radical (unpaired) electrons. The molecule has 4 rings (SSSR count). The number of fused-ring (bicyclic) bond motifs is 1. The van der Waals surface area contributed by atoms with Gasteiger partial charge in [0.25, 0.3) is 5.91 Å². The summed E-state index contributed by atoms with van der Waals surface area (Å²) < 4.78 is 7.20. The molecule has 2 aromatic heterocycles. The molecule has 24 heavy (non-hydrogen) atoms. The lowest BCUT2D eigenvalue weighted by atomic mass is 10.1. The summed E-state index contributed by atoms with van der Waals surface area (Å²) in [5.41, 5.74) is 3.14. The van der Waals surface area contributed by atoms with Crippen LogP contribution < -0.4 is 5.32 Å². The van der Waals surface area contributed by atoms with Crippen molar-refractivity contribution in [3.8, 4) is 5.69 Å². The van der Waals surface area contributed by atoms with Gasteiger partial charge in [-0.05, 0) is 42.7 Å². The first kappa shape index (κ1) is 14.6. The highest BCUT2D eigenvalue weighted by Crippen LogP contribution is 2.26. The minimum Gasteiger partial charge on any atom is -0.319 e. The van der Waals surface area contributed by atoms with Gasteiger partial charge in [-0.3, -0.25) is 4.79 Å². The number of nitrogens with zero attached hydrogens (tertiary/aromatic N) is 3. The van der Waals surface area contributed by atoms with Crippen LogP contribution in [0, 0.1) is 6.92 Å². The average molecular weight is 334 g/mol. The number of carbonyl (C=O) groups excluding carboxylic acids is 1. The van der Waals surface area contributed by atoms with Gasteiger partial charge in [0.2, 0.25) is 0 Å². The van der Waals surface area contributed by atoms with Gasteiger partial charge in [-0.15, -0.1) is 0 Å². The van der Waals surface area contributed by atoms with E-state index in [0.29, 0.717) is 11.4 Å². The lowest BCUT2D eigenvalue weighted by Crippen LogP contribution is -2.14. The van der Waals surface area contributed by atoms with E-state index in [1.54, 1.807) is 12.5 Å². The highest BCUT2D eigenvalue weighted by atomic mass is 32.1. The van der Waals surface area contributed by atoms with Gasteiger partial charge in [-0.2, -0.15) is 4.37 Å². The van der Waals surface area contributed by atoms with E-state index in [4.69, 9.17) is 0 Å². The van der Waals surface area contributed by atoms with Gasteiger partial charge in [-0.1, -0.05) is 23.8 Å². The third-order valence-corrected chi connectivity index (χ3v) is 4.60. The smallest absolute Gasteiger partial charge is 0.276 e. The molecular weight excluding hydrogens is 320 g/mol. The Morgan fingerprint density at radius 2 is 2.08 bits per heavy atom. The van der Waals surface area contributed by atoms with Crippen LogP contribution in [-0.2, 0) is 0 Å². The van der Waals surface area contributed by atoms with Crippen molar-refractivity contribution in [2.45, 2.75) is 6.92 Å². The Labute approximate surface area is 142 Å². The maximum atomic E-state index is 12.7. The average Bonchev–Trinajstić information content (AvgIpc) is 3.24. The number of benzene rings is 2. The van der Waals surface area contributed by atoms with Crippen LogP contribution in [0.3, 0.4) is 0 Å². The van der Waals surface area contributed by atoms with E-state index in [2.05, 4.69) is 14.7 Å². The van der Waals surface area contributed by atoms with Crippen LogP contribution in [0.5, 0.6) is 0 Å². The fraction of sp³-hybridized carbons (Fsp3) is 0.0556. The normalized spacial score (nSPS) is 10.9. The predicted octanol–water partition coefficient (Wildman–Crippen LogP) is 4.04. The van der Waals surface area contributed by atoms with Crippen LogP contribution in [0.25, 0.3) is 15.8 Å². The van der Waals surface area contributed by atoms with E-state index < -0.39 is 0 Å². The molecule has 0 aliphatic carbocycles. The molecule has 1 N–H and O–H groups in total. The number of aromatic nitrogens is 3. The topological polar surface area (TPSA) is 59.8 Å². The number of hydrogen-bond acceptors (Lipinski definition) is 4. The highest BCUT2D eigenvalue weighted by Gasteiger charge is 2.16. The molecule has 0 aliphatic heterocycles. The first-order valence-corrected chi connectivity index (χ1v) is 8.24. The van der Waals surface area contributed by atoms with Crippen LogP contribution in [0.4, 0.5) is 5.69 Å². The van der Waals surface area contributed by atoms with E-state index >= 15 is 0 Å². The maximum absolute atomic E-state index is 12.7. The number of para-hydroxylation sites is 2. The summed E-state index contributed by atoms with van der Waals surface area (Å²) >= 11 is 1.34.